The molecule has 2 amide bonds. The number of fused-ring (bicyclic) bond motifs is 1. The molecule has 3 heterocycles. The summed E-state index contributed by atoms with van der Waals surface area (Å²) >= 11 is 0. The second-order valence-corrected chi connectivity index (χ2v) is 6.59. The molecule has 0 radical (unpaired) electrons. The highest BCUT2D eigenvalue weighted by atomic mass is 16.7. The first-order valence-electron chi connectivity index (χ1n) is 8.85. The Hall–Kier alpha value is -2.51. The summed E-state index contributed by atoms with van der Waals surface area (Å²) in [4.78, 5) is 30.8. The van der Waals surface area contributed by atoms with Gasteiger partial charge in [-0.2, -0.15) is 0 Å². The number of carbonyl (C=O) groups excluding carboxylic acids is 2. The van der Waals surface area contributed by atoms with Crippen LogP contribution in [0.4, 0.5) is 5.69 Å². The average molecular weight is 355 g/mol. The molecule has 0 unspecified atom stereocenters. The normalized spacial score (nSPS) is 19.0. The van der Waals surface area contributed by atoms with Crippen LogP contribution >= 0.6 is 0 Å². The minimum atomic E-state index is -0.520. The van der Waals surface area contributed by atoms with Crippen molar-refractivity contribution in [1.29, 1.82) is 0 Å². The van der Waals surface area contributed by atoms with E-state index in [0.29, 0.717) is 50.3 Å². The molecule has 0 bridgehead atoms. The summed E-state index contributed by atoms with van der Waals surface area (Å²) in [5.41, 5.74) is 1.33. The molecule has 2 aromatic rings. The summed E-state index contributed by atoms with van der Waals surface area (Å²) in [6.07, 6.45) is 2.79. The van der Waals surface area contributed by atoms with Crippen LogP contribution in [0, 0.1) is 0 Å². The number of rotatable bonds is 3. The van der Waals surface area contributed by atoms with Gasteiger partial charge in [0.25, 0.3) is 0 Å². The van der Waals surface area contributed by atoms with Crippen molar-refractivity contribution in [2.45, 2.75) is 25.0 Å². The topological polar surface area (TPSA) is 80.8 Å². The first-order valence-corrected chi connectivity index (χ1v) is 8.85. The molecule has 2 saturated heterocycles. The van der Waals surface area contributed by atoms with Crippen molar-refractivity contribution in [3.8, 4) is 0 Å². The van der Waals surface area contributed by atoms with Gasteiger partial charge in [-0.05, 0) is 12.1 Å². The number of para-hydroxylation sites is 1. The monoisotopic (exact) mass is 355 g/mol. The summed E-state index contributed by atoms with van der Waals surface area (Å²) < 4.78 is 11.3. The van der Waals surface area contributed by atoms with Crippen LogP contribution in [0.3, 0.4) is 0 Å². The molecule has 2 aliphatic rings. The third kappa shape index (κ3) is 3.40. The molecule has 1 spiro atoms. The third-order valence-electron chi connectivity index (χ3n) is 4.91. The second-order valence-electron chi connectivity index (χ2n) is 6.59. The van der Waals surface area contributed by atoms with Crippen LogP contribution in [0.5, 0.6) is 0 Å². The van der Waals surface area contributed by atoms with E-state index in [2.05, 4.69) is 10.3 Å². The Kier molecular flexibility index (Phi) is 4.57. The SMILES string of the molecule is O=C(CC(=O)N1CCC2(CC1)OCCO2)Nc1cccc2cccnc12. The number of nitrogens with zero attached hydrogens (tertiary/aromatic N) is 2. The maximum Gasteiger partial charge on any atom is 0.233 e. The lowest BCUT2D eigenvalue weighted by atomic mass is 10.0. The van der Waals surface area contributed by atoms with E-state index in [1.807, 2.05) is 24.3 Å². The van der Waals surface area contributed by atoms with Crippen LogP contribution in [-0.4, -0.2) is 53.8 Å². The Balaban J connectivity index is 1.35. The van der Waals surface area contributed by atoms with Gasteiger partial charge in [0.2, 0.25) is 11.8 Å². The molecule has 0 atom stereocenters. The quantitative estimate of drug-likeness (QED) is 0.851. The van der Waals surface area contributed by atoms with Gasteiger partial charge >= 0.3 is 0 Å². The fraction of sp³-hybridized carbons (Fsp3) is 0.421. The van der Waals surface area contributed by atoms with Gasteiger partial charge < -0.3 is 19.7 Å². The van der Waals surface area contributed by atoms with Crippen LogP contribution in [0.15, 0.2) is 36.5 Å². The zero-order chi connectivity index (χ0) is 18.0. The van der Waals surface area contributed by atoms with E-state index >= 15 is 0 Å². The highest BCUT2D eigenvalue weighted by Gasteiger charge is 2.40. The van der Waals surface area contributed by atoms with Crippen molar-refractivity contribution in [3.63, 3.8) is 0 Å². The van der Waals surface area contributed by atoms with E-state index in [9.17, 15) is 9.59 Å². The molecule has 136 valence electrons. The fourth-order valence-electron chi connectivity index (χ4n) is 3.53. The van der Waals surface area contributed by atoms with Crippen molar-refractivity contribution in [3.05, 3.63) is 36.5 Å². The molecule has 7 heteroatoms. The predicted octanol–water partition coefficient (Wildman–Crippen LogP) is 1.93. The van der Waals surface area contributed by atoms with Crippen LogP contribution in [0.25, 0.3) is 10.9 Å². The number of aromatic nitrogens is 1. The van der Waals surface area contributed by atoms with Gasteiger partial charge in [0.15, 0.2) is 5.79 Å². The molecular formula is C19H21N3O4. The van der Waals surface area contributed by atoms with E-state index in [-0.39, 0.29) is 18.2 Å². The number of carbonyl (C=O) groups is 2. The number of likely N-dealkylation sites (tertiary alicyclic amines) is 1. The Bertz CT molecular complexity index is 817. The Morgan fingerprint density at radius 2 is 1.85 bits per heavy atom. The van der Waals surface area contributed by atoms with Crippen LogP contribution in [-0.2, 0) is 19.1 Å². The number of pyridine rings is 1. The number of ether oxygens (including phenoxy) is 2. The number of piperidine rings is 1. The van der Waals surface area contributed by atoms with Crippen molar-refractivity contribution in [2.24, 2.45) is 0 Å². The maximum atomic E-state index is 12.4. The lowest BCUT2D eigenvalue weighted by Crippen LogP contribution is -2.47. The zero-order valence-corrected chi connectivity index (χ0v) is 14.4. The van der Waals surface area contributed by atoms with Crippen molar-refractivity contribution in [2.75, 3.05) is 31.6 Å². The number of nitrogens with one attached hydrogen (secondary N) is 1. The summed E-state index contributed by atoms with van der Waals surface area (Å²) in [5, 5.41) is 3.74. The number of amides is 2. The predicted molar refractivity (Wildman–Crippen MR) is 95.4 cm³/mol. The van der Waals surface area contributed by atoms with Crippen molar-refractivity contribution >= 4 is 28.4 Å². The lowest BCUT2D eigenvalue weighted by molar-refractivity contribution is -0.187. The first-order chi connectivity index (χ1) is 12.7. The summed E-state index contributed by atoms with van der Waals surface area (Å²) in [7, 11) is 0. The van der Waals surface area contributed by atoms with Gasteiger partial charge in [-0.15, -0.1) is 0 Å². The first kappa shape index (κ1) is 16.9. The van der Waals surface area contributed by atoms with Crippen LogP contribution in [0.1, 0.15) is 19.3 Å². The standard InChI is InChI=1S/C19H21N3O4/c23-16(21-15-5-1-3-14-4-2-8-20-18(14)15)13-17(24)22-9-6-19(7-10-22)25-11-12-26-19/h1-5,8H,6-7,9-13H2,(H,21,23). The van der Waals surface area contributed by atoms with Crippen molar-refractivity contribution < 1.29 is 19.1 Å². The summed E-state index contributed by atoms with van der Waals surface area (Å²) in [6.45, 7) is 2.30. The smallest absolute Gasteiger partial charge is 0.233 e. The van der Waals surface area contributed by atoms with Gasteiger partial charge in [0.1, 0.15) is 6.42 Å². The minimum absolute atomic E-state index is 0.177. The number of anilines is 1. The largest absolute Gasteiger partial charge is 0.347 e. The number of benzene rings is 1. The third-order valence-corrected chi connectivity index (χ3v) is 4.91. The molecule has 26 heavy (non-hydrogen) atoms. The second kappa shape index (κ2) is 7.01. The number of hydrogen-bond acceptors (Lipinski definition) is 5. The Labute approximate surface area is 151 Å². The van der Waals surface area contributed by atoms with Gasteiger partial charge in [-0.25, -0.2) is 0 Å². The molecule has 4 rings (SSSR count). The highest BCUT2D eigenvalue weighted by Crippen LogP contribution is 2.31. The Morgan fingerprint density at radius 1 is 1.12 bits per heavy atom. The van der Waals surface area contributed by atoms with Crippen molar-refractivity contribution in [1.82, 2.24) is 9.88 Å². The van der Waals surface area contributed by atoms with E-state index in [1.54, 1.807) is 17.2 Å². The molecule has 2 fully saturated rings. The Morgan fingerprint density at radius 3 is 2.62 bits per heavy atom. The van der Waals surface area contributed by atoms with Crippen LogP contribution in [0.2, 0.25) is 0 Å². The molecule has 1 aromatic heterocycles. The average Bonchev–Trinajstić information content (AvgIpc) is 3.10. The summed E-state index contributed by atoms with van der Waals surface area (Å²) in [6, 6.07) is 9.35. The number of hydrogen-bond donors (Lipinski definition) is 1. The van der Waals surface area contributed by atoms with E-state index in [1.165, 1.54) is 0 Å². The van der Waals surface area contributed by atoms with E-state index in [0.717, 1.165) is 5.39 Å². The lowest BCUT2D eigenvalue weighted by Gasteiger charge is -2.37. The molecular weight excluding hydrogens is 334 g/mol. The van der Waals surface area contributed by atoms with Gasteiger partial charge in [-0.1, -0.05) is 18.2 Å². The van der Waals surface area contributed by atoms with E-state index in [4.69, 9.17) is 9.47 Å². The molecule has 1 N–H and O–H groups in total. The minimum Gasteiger partial charge on any atom is -0.347 e. The molecule has 1 aromatic carbocycles. The van der Waals surface area contributed by atoms with Gasteiger partial charge in [-0.3, -0.25) is 14.6 Å². The zero-order valence-electron chi connectivity index (χ0n) is 14.4. The van der Waals surface area contributed by atoms with Crippen LogP contribution < -0.4 is 5.32 Å². The highest BCUT2D eigenvalue weighted by molar-refractivity contribution is 6.07. The van der Waals surface area contributed by atoms with Gasteiger partial charge in [0.05, 0.1) is 24.4 Å². The summed E-state index contributed by atoms with van der Waals surface area (Å²) in [5.74, 6) is -1.03. The van der Waals surface area contributed by atoms with E-state index < -0.39 is 5.79 Å². The molecule has 0 aliphatic carbocycles. The maximum absolute atomic E-state index is 12.4. The molecule has 2 aliphatic heterocycles. The van der Waals surface area contributed by atoms with Gasteiger partial charge in [0, 0.05) is 37.5 Å². The fourth-order valence-corrected chi connectivity index (χ4v) is 3.53. The molecule has 0 saturated carbocycles. The molecule has 7 nitrogen and oxygen atoms in total.